The topological polar surface area (TPSA) is 127 Å². The van der Waals surface area contributed by atoms with Crippen molar-refractivity contribution in [2.24, 2.45) is 5.92 Å². The van der Waals surface area contributed by atoms with Crippen LogP contribution in [0.2, 0.25) is 0 Å². The molecule has 1 heterocycles. The zero-order chi connectivity index (χ0) is 23.4. The number of hydrogen-bond donors (Lipinski definition) is 2. The number of nitro groups is 1. The molecule has 0 saturated heterocycles. The molecule has 0 fully saturated rings. The molecule has 1 unspecified atom stereocenters. The Balaban J connectivity index is 1.73. The van der Waals surface area contributed by atoms with Crippen molar-refractivity contribution in [3.63, 3.8) is 0 Å². The number of aromatic nitrogens is 2. The van der Waals surface area contributed by atoms with Crippen molar-refractivity contribution in [3.05, 3.63) is 69.3 Å². The van der Waals surface area contributed by atoms with E-state index in [9.17, 15) is 19.7 Å². The van der Waals surface area contributed by atoms with Gasteiger partial charge in [-0.1, -0.05) is 55.0 Å². The van der Waals surface area contributed by atoms with Crippen molar-refractivity contribution < 1.29 is 14.5 Å². The van der Waals surface area contributed by atoms with Crippen LogP contribution in [0.1, 0.15) is 35.3 Å². The fourth-order valence-corrected chi connectivity index (χ4v) is 3.80. The monoisotopic (exact) mass is 453 g/mol. The summed E-state index contributed by atoms with van der Waals surface area (Å²) in [6.45, 7) is 7.16. The van der Waals surface area contributed by atoms with Gasteiger partial charge >= 0.3 is 0 Å². The van der Waals surface area contributed by atoms with Gasteiger partial charge in [-0.2, -0.15) is 0 Å². The number of nitrogens with zero attached hydrogens (tertiary/aromatic N) is 3. The smallest absolute Gasteiger partial charge is 0.273 e. The van der Waals surface area contributed by atoms with Crippen LogP contribution in [0.15, 0.2) is 42.5 Å². The summed E-state index contributed by atoms with van der Waals surface area (Å²) in [6, 6.07) is 11.1. The third-order valence-electron chi connectivity index (χ3n) is 4.82. The minimum Gasteiger partial charge on any atom is -0.340 e. The Hall–Kier alpha value is -3.66. The molecule has 2 aromatic carbocycles. The van der Waals surface area contributed by atoms with Crippen LogP contribution in [0, 0.1) is 29.9 Å². The molecule has 0 aliphatic heterocycles. The number of hydrogen-bond acceptors (Lipinski definition) is 7. The standard InChI is InChI=1S/C22H23N5O4S/c1-12(2)18(23-19(28)15-9-8-14(4)17(11-15)27(30)31)20(29)24-22-26-25-21(32-22)16-7-5-6-13(3)10-16/h5-12,18H,1-4H3,(H,23,28)(H,24,26,29). The van der Waals surface area contributed by atoms with Crippen LogP contribution in [0.25, 0.3) is 10.6 Å². The highest BCUT2D eigenvalue weighted by Gasteiger charge is 2.26. The number of carbonyl (C=O) groups excluding carboxylic acids is 2. The molecule has 0 aliphatic rings. The predicted molar refractivity (Wildman–Crippen MR) is 123 cm³/mol. The Morgan fingerprint density at radius 3 is 2.50 bits per heavy atom. The van der Waals surface area contributed by atoms with Crippen molar-refractivity contribution >= 4 is 34.0 Å². The van der Waals surface area contributed by atoms with Crippen molar-refractivity contribution in [3.8, 4) is 10.6 Å². The molecule has 1 atom stereocenters. The van der Waals surface area contributed by atoms with Gasteiger partial charge in [-0.25, -0.2) is 0 Å². The number of anilines is 1. The van der Waals surface area contributed by atoms with E-state index in [2.05, 4.69) is 20.8 Å². The van der Waals surface area contributed by atoms with E-state index < -0.39 is 22.8 Å². The molecule has 32 heavy (non-hydrogen) atoms. The molecule has 1 aromatic heterocycles. The molecule has 3 rings (SSSR count). The highest BCUT2D eigenvalue weighted by atomic mass is 32.1. The Kier molecular flexibility index (Phi) is 6.94. The van der Waals surface area contributed by atoms with Crippen LogP contribution in [-0.2, 0) is 4.79 Å². The van der Waals surface area contributed by atoms with E-state index in [0.717, 1.165) is 11.1 Å². The normalized spacial score (nSPS) is 11.8. The molecule has 3 aromatic rings. The van der Waals surface area contributed by atoms with Crippen LogP contribution < -0.4 is 10.6 Å². The lowest BCUT2D eigenvalue weighted by atomic mass is 10.0. The Labute approximate surface area is 189 Å². The van der Waals surface area contributed by atoms with Crippen LogP contribution in [0.5, 0.6) is 0 Å². The third-order valence-corrected chi connectivity index (χ3v) is 5.71. The number of nitrogens with one attached hydrogen (secondary N) is 2. The van der Waals surface area contributed by atoms with Gasteiger partial charge in [0.05, 0.1) is 4.92 Å². The van der Waals surface area contributed by atoms with Crippen molar-refractivity contribution in [2.45, 2.75) is 33.7 Å². The van der Waals surface area contributed by atoms with E-state index in [1.54, 1.807) is 20.8 Å². The quantitative estimate of drug-likeness (QED) is 0.409. The maximum Gasteiger partial charge on any atom is 0.273 e. The first-order valence-electron chi connectivity index (χ1n) is 9.93. The van der Waals surface area contributed by atoms with Crippen LogP contribution >= 0.6 is 11.3 Å². The molecule has 2 N–H and O–H groups in total. The molecule has 0 saturated carbocycles. The summed E-state index contributed by atoms with van der Waals surface area (Å²) in [5, 5.41) is 25.7. The highest BCUT2D eigenvalue weighted by molar-refractivity contribution is 7.18. The number of nitro benzene ring substituents is 1. The first kappa shape index (κ1) is 23.0. The number of rotatable bonds is 7. The van der Waals surface area contributed by atoms with Crippen molar-refractivity contribution in [2.75, 3.05) is 5.32 Å². The molecule has 9 nitrogen and oxygen atoms in total. The molecular weight excluding hydrogens is 430 g/mol. The lowest BCUT2D eigenvalue weighted by Gasteiger charge is -2.21. The van der Waals surface area contributed by atoms with Gasteiger partial charge in [0.2, 0.25) is 11.0 Å². The average Bonchev–Trinajstić information content (AvgIpc) is 3.20. The summed E-state index contributed by atoms with van der Waals surface area (Å²) in [5.74, 6) is -1.25. The Bertz CT molecular complexity index is 1170. The molecule has 0 spiro atoms. The van der Waals surface area contributed by atoms with Gasteiger partial charge < -0.3 is 5.32 Å². The number of benzene rings is 2. The number of amides is 2. The second-order valence-electron chi connectivity index (χ2n) is 7.72. The first-order chi connectivity index (χ1) is 15.2. The minimum atomic E-state index is -0.867. The third kappa shape index (κ3) is 5.33. The predicted octanol–water partition coefficient (Wildman–Crippen LogP) is 4.12. The summed E-state index contributed by atoms with van der Waals surface area (Å²) in [6.07, 6.45) is 0. The van der Waals surface area contributed by atoms with Gasteiger partial charge in [0, 0.05) is 22.8 Å². The zero-order valence-corrected chi connectivity index (χ0v) is 18.9. The van der Waals surface area contributed by atoms with Crippen LogP contribution in [0.4, 0.5) is 10.8 Å². The molecule has 0 bridgehead atoms. The van der Waals surface area contributed by atoms with Crippen LogP contribution in [-0.4, -0.2) is 33.0 Å². The maximum absolute atomic E-state index is 12.9. The highest BCUT2D eigenvalue weighted by Crippen LogP contribution is 2.27. The van der Waals surface area contributed by atoms with Gasteiger partial charge in [0.25, 0.3) is 11.6 Å². The average molecular weight is 454 g/mol. The Morgan fingerprint density at radius 2 is 1.84 bits per heavy atom. The summed E-state index contributed by atoms with van der Waals surface area (Å²) in [5.41, 5.74) is 2.39. The van der Waals surface area contributed by atoms with E-state index in [1.807, 2.05) is 31.2 Å². The first-order valence-corrected chi connectivity index (χ1v) is 10.7. The molecule has 10 heteroatoms. The SMILES string of the molecule is Cc1cccc(-c2nnc(NC(=O)C(NC(=O)c3ccc(C)c([N+](=O)[O-])c3)C(C)C)s2)c1. The summed E-state index contributed by atoms with van der Waals surface area (Å²) in [4.78, 5) is 36.2. The fourth-order valence-electron chi connectivity index (χ4n) is 3.06. The minimum absolute atomic E-state index is 0.110. The maximum atomic E-state index is 12.9. The van der Waals surface area contributed by atoms with E-state index in [-0.39, 0.29) is 17.2 Å². The van der Waals surface area contributed by atoms with E-state index in [1.165, 1.54) is 29.5 Å². The number of aryl methyl sites for hydroxylation is 2. The fraction of sp³-hybridized carbons (Fsp3) is 0.273. The van der Waals surface area contributed by atoms with E-state index >= 15 is 0 Å². The number of carbonyl (C=O) groups is 2. The van der Waals surface area contributed by atoms with Gasteiger partial charge in [-0.3, -0.25) is 25.0 Å². The van der Waals surface area contributed by atoms with Crippen LogP contribution in [0.3, 0.4) is 0 Å². The molecule has 2 amide bonds. The van der Waals surface area contributed by atoms with Gasteiger partial charge in [0.1, 0.15) is 11.0 Å². The Morgan fingerprint density at radius 1 is 1.09 bits per heavy atom. The van der Waals surface area contributed by atoms with Crippen molar-refractivity contribution in [1.82, 2.24) is 15.5 Å². The molecule has 0 aliphatic carbocycles. The summed E-state index contributed by atoms with van der Waals surface area (Å²) >= 11 is 1.23. The zero-order valence-electron chi connectivity index (χ0n) is 18.1. The van der Waals surface area contributed by atoms with E-state index in [4.69, 9.17) is 0 Å². The lowest BCUT2D eigenvalue weighted by Crippen LogP contribution is -2.47. The molecular formula is C22H23N5O4S. The van der Waals surface area contributed by atoms with Gasteiger partial charge in [-0.05, 0) is 31.9 Å². The van der Waals surface area contributed by atoms with Gasteiger partial charge in [-0.15, -0.1) is 10.2 Å². The van der Waals surface area contributed by atoms with Gasteiger partial charge in [0.15, 0.2) is 0 Å². The molecule has 0 radical (unpaired) electrons. The summed E-state index contributed by atoms with van der Waals surface area (Å²) < 4.78 is 0. The van der Waals surface area contributed by atoms with E-state index in [0.29, 0.717) is 15.7 Å². The van der Waals surface area contributed by atoms with Crippen molar-refractivity contribution in [1.29, 1.82) is 0 Å². The second-order valence-corrected chi connectivity index (χ2v) is 8.70. The summed E-state index contributed by atoms with van der Waals surface area (Å²) in [7, 11) is 0. The lowest BCUT2D eigenvalue weighted by molar-refractivity contribution is -0.385. The molecule has 166 valence electrons. The second kappa shape index (κ2) is 9.65. The largest absolute Gasteiger partial charge is 0.340 e.